The fraction of sp³-hybridized carbons (Fsp3) is 0.567. The maximum atomic E-state index is 12.7. The third-order valence-corrected chi connectivity index (χ3v) is 8.68. The van der Waals surface area contributed by atoms with Gasteiger partial charge in [-0.25, -0.2) is 0 Å². The number of hydrogen-bond donors (Lipinski definition) is 0. The molecule has 0 spiro atoms. The topological polar surface area (TPSA) is 54.0 Å². The van der Waals surface area contributed by atoms with Crippen molar-refractivity contribution >= 4 is 30.3 Å². The van der Waals surface area contributed by atoms with Crippen LogP contribution in [0.3, 0.4) is 0 Å². The lowest BCUT2D eigenvalue weighted by atomic mass is 9.76. The van der Waals surface area contributed by atoms with Crippen LogP contribution in [0.2, 0.25) is 25.7 Å². The highest BCUT2D eigenvalue weighted by molar-refractivity contribution is 9.10. The Morgan fingerprint density at radius 2 is 1.49 bits per heavy atom. The molecule has 2 aromatic rings. The quantitative estimate of drug-likeness (QED) is 0.114. The lowest BCUT2D eigenvalue weighted by Crippen LogP contribution is -2.24. The number of methoxy groups -OCH3 is 2. The number of aldehydes is 1. The Morgan fingerprint density at radius 1 is 0.919 bits per heavy atom. The Kier molecular flexibility index (Phi) is 10.5. The van der Waals surface area contributed by atoms with E-state index in [0.29, 0.717) is 23.7 Å². The van der Waals surface area contributed by atoms with Gasteiger partial charge in [0.05, 0.1) is 30.2 Å². The van der Waals surface area contributed by atoms with Crippen LogP contribution in [-0.4, -0.2) is 42.0 Å². The fourth-order valence-corrected chi connectivity index (χ4v) is 5.45. The monoisotopic (exact) mass is 592 g/mol. The van der Waals surface area contributed by atoms with Gasteiger partial charge in [-0.3, -0.25) is 0 Å². The molecule has 206 valence electrons. The smallest absolute Gasteiger partial charge is 0.189 e. The first-order chi connectivity index (χ1) is 17.0. The van der Waals surface area contributed by atoms with Crippen molar-refractivity contribution in [3.8, 4) is 17.2 Å². The first-order valence-corrected chi connectivity index (χ1v) is 17.3. The van der Waals surface area contributed by atoms with Crippen molar-refractivity contribution in [1.82, 2.24) is 0 Å². The largest absolute Gasteiger partial charge is 0.496 e. The summed E-state index contributed by atoms with van der Waals surface area (Å²) in [5, 5.41) is 0. The lowest BCUT2D eigenvalue weighted by molar-refractivity contribution is -0.108. The minimum atomic E-state index is -1.18. The molecule has 5 nitrogen and oxygen atoms in total. The van der Waals surface area contributed by atoms with Gasteiger partial charge in [-0.2, -0.15) is 0 Å². The predicted molar refractivity (Wildman–Crippen MR) is 159 cm³/mol. The lowest BCUT2D eigenvalue weighted by Gasteiger charge is -2.31. The first kappa shape index (κ1) is 31.4. The zero-order valence-electron chi connectivity index (χ0n) is 24.5. The standard InChI is InChI=1S/C30H45BrO5Si/c1-29(2,3)22-16-20(21(18-32)26-25(33-7)13-12-24(31)28(26)34-8)17-23(30(4,5)6)27(22)36-19-35-14-15-37(9,10)11/h12-13,16-18,21H,14-15,19H2,1-11H3. The van der Waals surface area contributed by atoms with Crippen LogP contribution < -0.4 is 14.2 Å². The molecule has 37 heavy (non-hydrogen) atoms. The normalized spacial score (nSPS) is 13.3. The molecule has 0 aliphatic rings. The van der Waals surface area contributed by atoms with Gasteiger partial charge in [0.25, 0.3) is 0 Å². The van der Waals surface area contributed by atoms with E-state index in [1.807, 2.05) is 12.1 Å². The van der Waals surface area contributed by atoms with E-state index < -0.39 is 14.0 Å². The van der Waals surface area contributed by atoms with Gasteiger partial charge < -0.3 is 23.7 Å². The number of benzene rings is 2. The average Bonchev–Trinajstić information content (AvgIpc) is 2.77. The molecule has 7 heteroatoms. The van der Waals surface area contributed by atoms with E-state index in [1.54, 1.807) is 14.2 Å². The SMILES string of the molecule is COc1ccc(Br)c(OC)c1C(C=O)c1cc(C(C)(C)C)c(OCOCC[Si](C)(C)C)c(C(C)(C)C)c1. The molecule has 1 atom stereocenters. The van der Waals surface area contributed by atoms with Gasteiger partial charge in [0.15, 0.2) is 6.79 Å². The molecule has 1 unspecified atom stereocenters. The Labute approximate surface area is 233 Å². The van der Waals surface area contributed by atoms with Gasteiger partial charge in [0.1, 0.15) is 23.5 Å². The third kappa shape index (κ3) is 8.07. The van der Waals surface area contributed by atoms with Crippen LogP contribution in [0.15, 0.2) is 28.7 Å². The number of halogens is 1. The zero-order valence-corrected chi connectivity index (χ0v) is 27.1. The molecule has 0 fully saturated rings. The van der Waals surface area contributed by atoms with Crippen molar-refractivity contribution in [3.63, 3.8) is 0 Å². The van der Waals surface area contributed by atoms with Gasteiger partial charge in [0, 0.05) is 25.8 Å². The summed E-state index contributed by atoms with van der Waals surface area (Å²) in [5.41, 5.74) is 3.15. The van der Waals surface area contributed by atoms with Crippen molar-refractivity contribution in [2.45, 2.75) is 84.0 Å². The summed E-state index contributed by atoms with van der Waals surface area (Å²) < 4.78 is 24.4. The fourth-order valence-electron chi connectivity index (χ4n) is 4.19. The molecule has 0 bridgehead atoms. The molecule has 0 aliphatic heterocycles. The molecule has 2 aromatic carbocycles. The Morgan fingerprint density at radius 3 is 1.92 bits per heavy atom. The van der Waals surface area contributed by atoms with Crippen molar-refractivity contribution in [1.29, 1.82) is 0 Å². The molecule has 0 amide bonds. The molecule has 0 N–H and O–H groups in total. The summed E-state index contributed by atoms with van der Waals surface area (Å²) in [6.07, 6.45) is 0.959. The van der Waals surface area contributed by atoms with Gasteiger partial charge in [-0.1, -0.05) is 73.3 Å². The first-order valence-electron chi connectivity index (χ1n) is 12.8. The van der Waals surface area contributed by atoms with Crippen molar-refractivity contribution < 1.29 is 23.7 Å². The number of ether oxygens (including phenoxy) is 4. The average molecular weight is 594 g/mol. The molecular formula is C30H45BrO5Si. The van der Waals surface area contributed by atoms with Gasteiger partial charge >= 0.3 is 0 Å². The number of hydrogen-bond acceptors (Lipinski definition) is 5. The van der Waals surface area contributed by atoms with Crippen LogP contribution >= 0.6 is 15.9 Å². The summed E-state index contributed by atoms with van der Waals surface area (Å²) >= 11 is 3.57. The van der Waals surface area contributed by atoms with E-state index in [9.17, 15) is 4.79 Å². The molecule has 0 heterocycles. The van der Waals surface area contributed by atoms with E-state index in [2.05, 4.69) is 89.2 Å². The highest BCUT2D eigenvalue weighted by Crippen LogP contribution is 2.46. The Hall–Kier alpha value is -1.83. The minimum absolute atomic E-state index is 0.195. The van der Waals surface area contributed by atoms with E-state index in [1.165, 1.54) is 0 Å². The highest BCUT2D eigenvalue weighted by atomic mass is 79.9. The summed E-state index contributed by atoms with van der Waals surface area (Å²) in [6.45, 7) is 20.9. The second-order valence-electron chi connectivity index (χ2n) is 12.7. The van der Waals surface area contributed by atoms with Crippen molar-refractivity contribution in [2.75, 3.05) is 27.6 Å². The number of rotatable bonds is 11. The Bertz CT molecular complexity index is 1040. The van der Waals surface area contributed by atoms with E-state index in [0.717, 1.165) is 39.2 Å². The van der Waals surface area contributed by atoms with E-state index >= 15 is 0 Å². The molecule has 0 saturated heterocycles. The number of carbonyl (C=O) groups is 1. The van der Waals surface area contributed by atoms with Crippen LogP contribution in [0.1, 0.15) is 69.7 Å². The maximum absolute atomic E-state index is 12.7. The van der Waals surface area contributed by atoms with E-state index in [4.69, 9.17) is 18.9 Å². The summed E-state index contributed by atoms with van der Waals surface area (Å²) in [5.74, 6) is 1.42. The molecule has 2 rings (SSSR count). The van der Waals surface area contributed by atoms with Crippen LogP contribution in [0.4, 0.5) is 0 Å². The summed E-state index contributed by atoms with van der Waals surface area (Å²) in [4.78, 5) is 12.7. The third-order valence-electron chi connectivity index (χ3n) is 6.35. The number of carbonyl (C=O) groups excluding carboxylic acids is 1. The second-order valence-corrected chi connectivity index (χ2v) is 19.2. The Balaban J connectivity index is 2.69. The molecular weight excluding hydrogens is 548 g/mol. The van der Waals surface area contributed by atoms with Crippen LogP contribution in [0.25, 0.3) is 0 Å². The van der Waals surface area contributed by atoms with Crippen LogP contribution in [-0.2, 0) is 20.4 Å². The maximum Gasteiger partial charge on any atom is 0.189 e. The van der Waals surface area contributed by atoms with E-state index in [-0.39, 0.29) is 17.6 Å². The zero-order chi connectivity index (χ0) is 28.2. The van der Waals surface area contributed by atoms with Crippen molar-refractivity contribution in [2.24, 2.45) is 0 Å². The van der Waals surface area contributed by atoms with Gasteiger partial charge in [-0.05, 0) is 50.5 Å². The molecule has 0 aromatic heterocycles. The molecule has 0 saturated carbocycles. The van der Waals surface area contributed by atoms with Gasteiger partial charge in [-0.15, -0.1) is 0 Å². The van der Waals surface area contributed by atoms with Gasteiger partial charge in [0.2, 0.25) is 0 Å². The summed E-state index contributed by atoms with van der Waals surface area (Å²) in [7, 11) is 2.03. The van der Waals surface area contributed by atoms with Crippen molar-refractivity contribution in [3.05, 3.63) is 51.0 Å². The second kappa shape index (κ2) is 12.3. The molecule has 0 radical (unpaired) electrons. The highest BCUT2D eigenvalue weighted by Gasteiger charge is 2.32. The van der Waals surface area contributed by atoms with Crippen LogP contribution in [0, 0.1) is 0 Å². The van der Waals surface area contributed by atoms with Crippen LogP contribution in [0.5, 0.6) is 17.2 Å². The predicted octanol–water partition coefficient (Wildman–Crippen LogP) is 8.08. The summed E-state index contributed by atoms with van der Waals surface area (Å²) in [6, 6.07) is 8.98. The molecule has 0 aliphatic carbocycles. The minimum Gasteiger partial charge on any atom is -0.496 e.